The van der Waals surface area contributed by atoms with Gasteiger partial charge >= 0.3 is 0 Å². The Morgan fingerprint density at radius 3 is 1.94 bits per heavy atom. The molecule has 0 heterocycles. The van der Waals surface area contributed by atoms with Gasteiger partial charge in [0, 0.05) is 0 Å². The lowest BCUT2D eigenvalue weighted by atomic mass is 9.66. The fourth-order valence-corrected chi connectivity index (χ4v) is 5.73. The lowest BCUT2D eigenvalue weighted by molar-refractivity contribution is 0.206. The summed E-state index contributed by atoms with van der Waals surface area (Å²) in [5.74, 6) is -0.0551. The Morgan fingerprint density at radius 1 is 0.871 bits per heavy atom. The first-order valence-corrected chi connectivity index (χ1v) is 11.9. The van der Waals surface area contributed by atoms with Gasteiger partial charge in [-0.05, 0) is 55.4 Å². The van der Waals surface area contributed by atoms with Crippen LogP contribution in [0.5, 0.6) is 0 Å². The molecule has 0 radical (unpaired) electrons. The number of hydrogen-bond donors (Lipinski definition) is 0. The predicted octanol–water partition coefficient (Wildman–Crippen LogP) is 5.38. The van der Waals surface area contributed by atoms with E-state index in [-0.39, 0.29) is 10.8 Å². The summed E-state index contributed by atoms with van der Waals surface area (Å²) >= 11 is 0. The van der Waals surface area contributed by atoms with Gasteiger partial charge in [-0.3, -0.25) is 4.18 Å². The average molecular weight is 432 g/mol. The number of nitriles is 1. The molecular weight excluding hydrogens is 406 g/mol. The zero-order chi connectivity index (χ0) is 21.9. The first-order chi connectivity index (χ1) is 15.0. The van der Waals surface area contributed by atoms with Crippen LogP contribution < -0.4 is 0 Å². The Morgan fingerprint density at radius 2 is 1.42 bits per heavy atom. The summed E-state index contributed by atoms with van der Waals surface area (Å²) in [5, 5.41) is 10.5. The second-order valence-corrected chi connectivity index (χ2v) is 9.72. The molecule has 1 fully saturated rings. The Kier molecular flexibility index (Phi) is 5.95. The van der Waals surface area contributed by atoms with Gasteiger partial charge in [0.05, 0.1) is 17.1 Å². The first-order valence-electron chi connectivity index (χ1n) is 10.5. The maximum Gasteiger partial charge on any atom is 0.297 e. The van der Waals surface area contributed by atoms with E-state index in [1.165, 1.54) is 0 Å². The number of aryl methyl sites for hydroxylation is 1. The zero-order valence-electron chi connectivity index (χ0n) is 17.4. The van der Waals surface area contributed by atoms with Gasteiger partial charge in [-0.1, -0.05) is 78.4 Å². The lowest BCUT2D eigenvalue weighted by Crippen LogP contribution is -2.34. The van der Waals surface area contributed by atoms with E-state index in [0.717, 1.165) is 16.7 Å². The maximum atomic E-state index is 12.8. The molecule has 0 N–H and O–H groups in total. The van der Waals surface area contributed by atoms with Crippen LogP contribution in [0.1, 0.15) is 36.0 Å². The van der Waals surface area contributed by atoms with Crippen molar-refractivity contribution in [3.63, 3.8) is 0 Å². The van der Waals surface area contributed by atoms with E-state index in [9.17, 15) is 13.7 Å². The van der Waals surface area contributed by atoms with Crippen molar-refractivity contribution in [3.05, 3.63) is 102 Å². The van der Waals surface area contributed by atoms with Gasteiger partial charge in [0.15, 0.2) is 0 Å². The molecule has 1 aliphatic carbocycles. The Hall–Kier alpha value is -2.94. The largest absolute Gasteiger partial charge is 0.297 e. The quantitative estimate of drug-likeness (QED) is 0.492. The van der Waals surface area contributed by atoms with Gasteiger partial charge in [0.25, 0.3) is 10.1 Å². The fraction of sp³-hybridized carbons (Fsp3) is 0.269. The second-order valence-electron chi connectivity index (χ2n) is 8.15. The van der Waals surface area contributed by atoms with Gasteiger partial charge in [-0.15, -0.1) is 0 Å². The molecule has 4 rings (SSSR count). The van der Waals surface area contributed by atoms with Gasteiger partial charge in [-0.25, -0.2) is 0 Å². The van der Waals surface area contributed by atoms with Crippen molar-refractivity contribution in [2.45, 2.75) is 42.6 Å². The van der Waals surface area contributed by atoms with Gasteiger partial charge in [-0.2, -0.15) is 13.7 Å². The standard InChI is InChI=1S/C26H25NO3S/c1-20-12-16-25(17-13-20)31(28,29)30-24-15-14-23(18-24)26(19-27,21-8-4-2-5-9-21)22-10-6-3-7-11-22/h2-13,16-17,23-24H,14-15,18H2,1H3. The molecule has 158 valence electrons. The molecule has 0 spiro atoms. The molecule has 1 aliphatic rings. The lowest BCUT2D eigenvalue weighted by Gasteiger charge is -2.34. The summed E-state index contributed by atoms with van der Waals surface area (Å²) in [5.41, 5.74) is 1.99. The van der Waals surface area contributed by atoms with Crippen LogP contribution in [0.4, 0.5) is 0 Å². The average Bonchev–Trinajstić information content (AvgIpc) is 3.24. The highest BCUT2D eigenvalue weighted by Gasteiger charge is 2.47. The van der Waals surface area contributed by atoms with E-state index in [1.54, 1.807) is 24.3 Å². The molecule has 2 atom stereocenters. The molecular formula is C26H25NO3S. The van der Waals surface area contributed by atoms with Crippen LogP contribution >= 0.6 is 0 Å². The van der Waals surface area contributed by atoms with Crippen molar-refractivity contribution in [2.24, 2.45) is 5.92 Å². The van der Waals surface area contributed by atoms with Gasteiger partial charge in [0.2, 0.25) is 0 Å². The molecule has 0 aromatic heterocycles. The van der Waals surface area contributed by atoms with Crippen LogP contribution in [0, 0.1) is 24.2 Å². The molecule has 0 bridgehead atoms. The molecule has 31 heavy (non-hydrogen) atoms. The molecule has 3 aromatic carbocycles. The Balaban J connectivity index is 1.64. The predicted molar refractivity (Wildman–Crippen MR) is 120 cm³/mol. The van der Waals surface area contributed by atoms with E-state index in [4.69, 9.17) is 4.18 Å². The summed E-state index contributed by atoms with van der Waals surface area (Å²) in [6.45, 7) is 1.91. The minimum atomic E-state index is -3.85. The van der Waals surface area contributed by atoms with E-state index >= 15 is 0 Å². The van der Waals surface area contributed by atoms with Crippen molar-refractivity contribution in [1.82, 2.24) is 0 Å². The minimum Gasteiger partial charge on any atom is -0.263 e. The molecule has 3 aromatic rings. The van der Waals surface area contributed by atoms with Crippen molar-refractivity contribution in [3.8, 4) is 6.07 Å². The molecule has 2 unspecified atom stereocenters. The second kappa shape index (κ2) is 8.66. The van der Waals surface area contributed by atoms with Crippen molar-refractivity contribution < 1.29 is 12.6 Å². The van der Waals surface area contributed by atoms with E-state index in [1.807, 2.05) is 67.6 Å². The van der Waals surface area contributed by atoms with Gasteiger partial charge < -0.3 is 0 Å². The number of nitrogens with zero attached hydrogens (tertiary/aromatic N) is 1. The van der Waals surface area contributed by atoms with Crippen LogP contribution in [0.3, 0.4) is 0 Å². The van der Waals surface area contributed by atoms with E-state index < -0.39 is 21.6 Å². The van der Waals surface area contributed by atoms with Gasteiger partial charge in [0.1, 0.15) is 5.41 Å². The summed E-state index contributed by atoms with van der Waals surface area (Å²) in [6.07, 6.45) is 1.36. The maximum absolute atomic E-state index is 12.8. The topological polar surface area (TPSA) is 67.2 Å². The third-order valence-electron chi connectivity index (χ3n) is 6.20. The van der Waals surface area contributed by atoms with Crippen LogP contribution in [-0.4, -0.2) is 14.5 Å². The molecule has 5 heteroatoms. The SMILES string of the molecule is Cc1ccc(S(=O)(=O)OC2CCC(C(C#N)(c3ccccc3)c3ccccc3)C2)cc1. The molecule has 0 aliphatic heterocycles. The highest BCUT2D eigenvalue weighted by Crippen LogP contribution is 2.47. The summed E-state index contributed by atoms with van der Waals surface area (Å²) in [7, 11) is -3.85. The third-order valence-corrected chi connectivity index (χ3v) is 7.58. The number of benzene rings is 3. The fourth-order valence-electron chi connectivity index (χ4n) is 4.62. The Bertz CT molecular complexity index is 1130. The summed E-state index contributed by atoms with van der Waals surface area (Å²) in [4.78, 5) is 0.166. The van der Waals surface area contributed by atoms with E-state index in [2.05, 4.69) is 6.07 Å². The summed E-state index contributed by atoms with van der Waals surface area (Å²) in [6, 6.07) is 28.8. The van der Waals surface area contributed by atoms with Crippen LogP contribution in [0.2, 0.25) is 0 Å². The summed E-state index contributed by atoms with van der Waals surface area (Å²) < 4.78 is 31.2. The molecule has 0 amide bonds. The molecule has 0 saturated heterocycles. The highest BCUT2D eigenvalue weighted by atomic mass is 32.2. The van der Waals surface area contributed by atoms with Crippen LogP contribution in [0.15, 0.2) is 89.8 Å². The zero-order valence-corrected chi connectivity index (χ0v) is 18.3. The van der Waals surface area contributed by atoms with Crippen LogP contribution in [0.25, 0.3) is 0 Å². The van der Waals surface area contributed by atoms with Crippen molar-refractivity contribution in [2.75, 3.05) is 0 Å². The monoisotopic (exact) mass is 431 g/mol. The molecule has 4 nitrogen and oxygen atoms in total. The highest BCUT2D eigenvalue weighted by molar-refractivity contribution is 7.86. The molecule has 1 saturated carbocycles. The number of hydrogen-bond acceptors (Lipinski definition) is 4. The Labute approximate surface area is 184 Å². The smallest absolute Gasteiger partial charge is 0.263 e. The first kappa shape index (κ1) is 21.3. The normalized spacial score (nSPS) is 19.1. The van der Waals surface area contributed by atoms with Crippen LogP contribution in [-0.2, 0) is 19.7 Å². The van der Waals surface area contributed by atoms with Crippen molar-refractivity contribution in [1.29, 1.82) is 5.26 Å². The third kappa shape index (κ3) is 4.14. The van der Waals surface area contributed by atoms with Crippen molar-refractivity contribution >= 4 is 10.1 Å². The minimum absolute atomic E-state index is 0.0551. The van der Waals surface area contributed by atoms with E-state index in [0.29, 0.717) is 19.3 Å². The number of rotatable bonds is 6.